The van der Waals surface area contributed by atoms with E-state index in [9.17, 15) is 9.59 Å². The Morgan fingerprint density at radius 3 is 2.39 bits per heavy atom. The molecule has 1 aromatic carbocycles. The third-order valence-corrected chi connectivity index (χ3v) is 4.86. The second-order valence-corrected chi connectivity index (χ2v) is 6.99. The predicted octanol–water partition coefficient (Wildman–Crippen LogP) is 4.59. The number of aryl methyl sites for hydroxylation is 1. The van der Waals surface area contributed by atoms with E-state index in [-0.39, 0.29) is 11.9 Å². The van der Waals surface area contributed by atoms with Crippen LogP contribution in [0.25, 0.3) is 0 Å². The molecule has 6 heteroatoms. The normalized spacial score (nSPS) is 10.3. The van der Waals surface area contributed by atoms with Crippen molar-refractivity contribution >= 4 is 40.2 Å². The minimum Gasteiger partial charge on any atom is -0.422 e. The van der Waals surface area contributed by atoms with Crippen LogP contribution in [0.15, 0.2) is 53.9 Å². The topological polar surface area (TPSA) is 55.4 Å². The Morgan fingerprint density at radius 2 is 1.78 bits per heavy atom. The fourth-order valence-corrected chi connectivity index (χ4v) is 3.27. The summed E-state index contributed by atoms with van der Waals surface area (Å²) in [4.78, 5) is 26.2. The van der Waals surface area contributed by atoms with Gasteiger partial charge in [0.1, 0.15) is 10.6 Å². The van der Waals surface area contributed by atoms with E-state index in [1.54, 1.807) is 36.4 Å². The van der Waals surface area contributed by atoms with Crippen molar-refractivity contribution in [2.45, 2.75) is 6.92 Å². The van der Waals surface area contributed by atoms with Crippen molar-refractivity contribution < 1.29 is 14.3 Å². The second-order valence-electron chi connectivity index (χ2n) is 4.76. The highest BCUT2D eigenvalue weighted by Crippen LogP contribution is 2.21. The Labute approximate surface area is 141 Å². The minimum atomic E-state index is -0.376. The molecule has 116 valence electrons. The molecule has 0 atom stereocenters. The Morgan fingerprint density at radius 1 is 1.00 bits per heavy atom. The van der Waals surface area contributed by atoms with Crippen molar-refractivity contribution in [3.05, 3.63) is 68.5 Å². The zero-order chi connectivity index (χ0) is 16.2. The third-order valence-electron chi connectivity index (χ3n) is 3.01. The summed E-state index contributed by atoms with van der Waals surface area (Å²) in [6, 6.07) is 13.9. The molecule has 1 N–H and O–H groups in total. The lowest BCUT2D eigenvalue weighted by Gasteiger charge is -2.06. The van der Waals surface area contributed by atoms with Gasteiger partial charge in [-0.15, -0.1) is 22.7 Å². The second kappa shape index (κ2) is 6.76. The largest absolute Gasteiger partial charge is 0.422 e. The Kier molecular flexibility index (Phi) is 4.55. The molecule has 0 saturated heterocycles. The summed E-state index contributed by atoms with van der Waals surface area (Å²) in [6.07, 6.45) is 0. The van der Waals surface area contributed by atoms with Crippen LogP contribution in [0.1, 0.15) is 24.2 Å². The molecule has 3 rings (SSSR count). The molecule has 0 aliphatic carbocycles. The zero-order valence-corrected chi connectivity index (χ0v) is 13.9. The molecule has 3 aromatic rings. The van der Waals surface area contributed by atoms with Crippen LogP contribution in [0, 0.1) is 6.92 Å². The number of carbonyl (C=O) groups excluding carboxylic acids is 2. The molecule has 23 heavy (non-hydrogen) atoms. The van der Waals surface area contributed by atoms with Gasteiger partial charge in [0, 0.05) is 10.6 Å². The van der Waals surface area contributed by atoms with Crippen LogP contribution in [-0.4, -0.2) is 11.9 Å². The highest BCUT2D eigenvalue weighted by Gasteiger charge is 2.11. The number of carbonyl (C=O) groups is 2. The lowest BCUT2D eigenvalue weighted by atomic mass is 10.3. The van der Waals surface area contributed by atoms with Crippen LogP contribution in [-0.2, 0) is 0 Å². The monoisotopic (exact) mass is 343 g/mol. The van der Waals surface area contributed by atoms with E-state index in [1.165, 1.54) is 22.7 Å². The highest BCUT2D eigenvalue weighted by molar-refractivity contribution is 7.13. The molecule has 0 aliphatic rings. The van der Waals surface area contributed by atoms with E-state index >= 15 is 0 Å². The van der Waals surface area contributed by atoms with Gasteiger partial charge >= 0.3 is 5.97 Å². The lowest BCUT2D eigenvalue weighted by Crippen LogP contribution is -2.10. The molecule has 2 aromatic heterocycles. The molecule has 2 heterocycles. The first-order valence-electron chi connectivity index (χ1n) is 6.85. The van der Waals surface area contributed by atoms with Crippen LogP contribution in [0.2, 0.25) is 0 Å². The van der Waals surface area contributed by atoms with Crippen LogP contribution in [0.3, 0.4) is 0 Å². The highest BCUT2D eigenvalue weighted by atomic mass is 32.1. The fraction of sp³-hybridized carbons (Fsp3) is 0.0588. The maximum Gasteiger partial charge on any atom is 0.353 e. The van der Waals surface area contributed by atoms with Gasteiger partial charge in [-0.1, -0.05) is 6.07 Å². The lowest BCUT2D eigenvalue weighted by molar-refractivity contribution is 0.0739. The Hall–Kier alpha value is -2.44. The SMILES string of the molecule is Cc1ccc(C(=O)Oc2ccc(NC(=O)c3cccs3)cc2)s1. The van der Waals surface area contributed by atoms with E-state index in [1.807, 2.05) is 24.4 Å². The van der Waals surface area contributed by atoms with Crippen LogP contribution >= 0.6 is 22.7 Å². The fourth-order valence-electron chi connectivity index (χ4n) is 1.91. The summed E-state index contributed by atoms with van der Waals surface area (Å²) < 4.78 is 5.31. The average molecular weight is 343 g/mol. The molecule has 0 saturated carbocycles. The molecule has 0 bridgehead atoms. The smallest absolute Gasteiger partial charge is 0.353 e. The van der Waals surface area contributed by atoms with Gasteiger partial charge in [-0.05, 0) is 54.8 Å². The number of hydrogen-bond donors (Lipinski definition) is 1. The molecular formula is C17H13NO3S2. The number of thiophene rings is 2. The van der Waals surface area contributed by atoms with E-state index < -0.39 is 0 Å². The molecule has 4 nitrogen and oxygen atoms in total. The molecule has 1 amide bonds. The number of hydrogen-bond acceptors (Lipinski definition) is 5. The number of nitrogens with one attached hydrogen (secondary N) is 1. The van der Waals surface area contributed by atoms with E-state index in [0.717, 1.165) is 4.88 Å². The summed E-state index contributed by atoms with van der Waals surface area (Å²) in [6.45, 7) is 1.94. The third kappa shape index (κ3) is 3.85. The number of rotatable bonds is 4. The molecule has 0 radical (unpaired) electrons. The minimum absolute atomic E-state index is 0.154. The van der Waals surface area contributed by atoms with Gasteiger partial charge < -0.3 is 10.1 Å². The van der Waals surface area contributed by atoms with Gasteiger partial charge in [0.15, 0.2) is 0 Å². The van der Waals surface area contributed by atoms with Gasteiger partial charge in [0.25, 0.3) is 5.91 Å². The average Bonchev–Trinajstić information content (AvgIpc) is 3.20. The summed E-state index contributed by atoms with van der Waals surface area (Å²) in [7, 11) is 0. The zero-order valence-electron chi connectivity index (χ0n) is 12.2. The van der Waals surface area contributed by atoms with Crippen LogP contribution in [0.4, 0.5) is 5.69 Å². The Bertz CT molecular complexity index is 820. The van der Waals surface area contributed by atoms with Gasteiger partial charge in [0.05, 0.1) is 4.88 Å². The molecule has 0 spiro atoms. The number of esters is 1. The summed E-state index contributed by atoms with van der Waals surface area (Å²) in [5, 5.41) is 4.64. The van der Waals surface area contributed by atoms with Crippen molar-refractivity contribution in [3.63, 3.8) is 0 Å². The number of amides is 1. The predicted molar refractivity (Wildman–Crippen MR) is 92.7 cm³/mol. The standard InChI is InChI=1S/C17H13NO3S2/c1-11-4-9-15(23-11)17(20)21-13-7-5-12(6-8-13)18-16(19)14-3-2-10-22-14/h2-10H,1H3,(H,18,19). The van der Waals surface area contributed by atoms with Crippen molar-refractivity contribution in [3.8, 4) is 5.75 Å². The Balaban J connectivity index is 1.63. The van der Waals surface area contributed by atoms with Gasteiger partial charge in [-0.3, -0.25) is 4.79 Å². The van der Waals surface area contributed by atoms with E-state index in [4.69, 9.17) is 4.74 Å². The van der Waals surface area contributed by atoms with Crippen molar-refractivity contribution in [1.29, 1.82) is 0 Å². The van der Waals surface area contributed by atoms with Crippen LogP contribution < -0.4 is 10.1 Å². The van der Waals surface area contributed by atoms with Gasteiger partial charge in [-0.25, -0.2) is 4.79 Å². The van der Waals surface area contributed by atoms with E-state index in [2.05, 4.69) is 5.32 Å². The molecule has 0 unspecified atom stereocenters. The van der Waals surface area contributed by atoms with Crippen LogP contribution in [0.5, 0.6) is 5.75 Å². The van der Waals surface area contributed by atoms with E-state index in [0.29, 0.717) is 21.2 Å². The summed E-state index contributed by atoms with van der Waals surface area (Å²) in [5.74, 6) is -0.0903. The molecule has 0 aliphatic heterocycles. The summed E-state index contributed by atoms with van der Waals surface area (Å²) >= 11 is 2.78. The quantitative estimate of drug-likeness (QED) is 0.557. The molecule has 0 fully saturated rings. The maximum atomic E-state index is 12.0. The first kappa shape index (κ1) is 15.5. The van der Waals surface area contributed by atoms with Crippen molar-refractivity contribution in [2.75, 3.05) is 5.32 Å². The molecular weight excluding hydrogens is 330 g/mol. The van der Waals surface area contributed by atoms with Crippen molar-refractivity contribution in [2.24, 2.45) is 0 Å². The van der Waals surface area contributed by atoms with Gasteiger partial charge in [-0.2, -0.15) is 0 Å². The first-order chi connectivity index (χ1) is 11.1. The maximum absolute atomic E-state index is 12.0. The van der Waals surface area contributed by atoms with Crippen molar-refractivity contribution in [1.82, 2.24) is 0 Å². The first-order valence-corrected chi connectivity index (χ1v) is 8.55. The number of anilines is 1. The number of ether oxygens (including phenoxy) is 1. The number of benzene rings is 1. The van der Waals surface area contributed by atoms with Gasteiger partial charge in [0.2, 0.25) is 0 Å². The summed E-state index contributed by atoms with van der Waals surface area (Å²) in [5.41, 5.74) is 0.648.